The van der Waals surface area contributed by atoms with Crippen LogP contribution in [-0.4, -0.2) is 40.3 Å². The summed E-state index contributed by atoms with van der Waals surface area (Å²) >= 11 is 0. The van der Waals surface area contributed by atoms with Gasteiger partial charge >= 0.3 is 6.09 Å². The van der Waals surface area contributed by atoms with Crippen LogP contribution in [0, 0.1) is 0 Å². The van der Waals surface area contributed by atoms with E-state index < -0.39 is 15.6 Å². The number of hydrogen-bond donors (Lipinski definition) is 0. The lowest BCUT2D eigenvalue weighted by Gasteiger charge is -2.35. The summed E-state index contributed by atoms with van der Waals surface area (Å²) in [4.78, 5) is 19.3. The summed E-state index contributed by atoms with van der Waals surface area (Å²) in [5.74, 6) is 0.615. The molecule has 0 aliphatic heterocycles. The minimum absolute atomic E-state index is 0.123. The van der Waals surface area contributed by atoms with E-state index in [0.717, 1.165) is 64.8 Å². The van der Waals surface area contributed by atoms with Gasteiger partial charge in [-0.1, -0.05) is 98.1 Å². The van der Waals surface area contributed by atoms with Crippen molar-refractivity contribution in [1.82, 2.24) is 14.2 Å². The van der Waals surface area contributed by atoms with Crippen LogP contribution in [0.15, 0.2) is 120 Å². The average molecular weight is 706 g/mol. The molecule has 51 heavy (non-hydrogen) atoms. The second-order valence-electron chi connectivity index (χ2n) is 14.4. The van der Waals surface area contributed by atoms with E-state index in [4.69, 9.17) is 9.15 Å². The Bertz CT molecular complexity index is 1950. The SMILES string of the molecule is CC(C)(C)OC(=O)N(Cc1ccc(-c2ccc(CN(Cc3cccnc3)S(=O)(=O)Cc3ccc(-c4ccco4)cc3)cc2)cc1)C1CCCCC1. The van der Waals surface area contributed by atoms with Crippen molar-refractivity contribution >= 4 is 16.1 Å². The molecule has 0 spiro atoms. The van der Waals surface area contributed by atoms with Gasteiger partial charge in [-0.25, -0.2) is 13.2 Å². The Morgan fingerprint density at radius 1 is 0.745 bits per heavy atom. The Balaban J connectivity index is 1.15. The number of hydrogen-bond acceptors (Lipinski definition) is 6. The van der Waals surface area contributed by atoms with Crippen LogP contribution < -0.4 is 0 Å². The molecule has 1 aliphatic carbocycles. The molecule has 5 aromatic rings. The second kappa shape index (κ2) is 16.1. The number of furan rings is 1. The highest BCUT2D eigenvalue weighted by Gasteiger charge is 2.29. The lowest BCUT2D eigenvalue weighted by Crippen LogP contribution is -2.43. The monoisotopic (exact) mass is 705 g/mol. The number of pyridine rings is 1. The van der Waals surface area contributed by atoms with Crippen LogP contribution in [0.5, 0.6) is 0 Å². The first-order chi connectivity index (χ1) is 24.5. The van der Waals surface area contributed by atoms with Crippen molar-refractivity contribution < 1.29 is 22.4 Å². The molecule has 0 N–H and O–H groups in total. The van der Waals surface area contributed by atoms with Crippen molar-refractivity contribution in [3.8, 4) is 22.5 Å². The molecule has 9 heteroatoms. The van der Waals surface area contributed by atoms with Crippen LogP contribution in [0.2, 0.25) is 0 Å². The third kappa shape index (κ3) is 9.96. The van der Waals surface area contributed by atoms with Crippen LogP contribution in [0.4, 0.5) is 4.79 Å². The minimum Gasteiger partial charge on any atom is -0.464 e. The first-order valence-corrected chi connectivity index (χ1v) is 19.3. The van der Waals surface area contributed by atoms with E-state index in [-0.39, 0.29) is 31.0 Å². The molecule has 1 fully saturated rings. The second-order valence-corrected chi connectivity index (χ2v) is 16.3. The predicted molar refractivity (Wildman–Crippen MR) is 201 cm³/mol. The van der Waals surface area contributed by atoms with Crippen molar-refractivity contribution in [3.05, 3.63) is 138 Å². The highest BCUT2D eigenvalue weighted by atomic mass is 32.2. The van der Waals surface area contributed by atoms with Crippen molar-refractivity contribution in [1.29, 1.82) is 0 Å². The zero-order valence-corrected chi connectivity index (χ0v) is 30.5. The Labute approximate surface area is 302 Å². The van der Waals surface area contributed by atoms with E-state index in [0.29, 0.717) is 12.1 Å². The summed E-state index contributed by atoms with van der Waals surface area (Å²) in [7, 11) is -3.70. The Hall–Kier alpha value is -4.73. The van der Waals surface area contributed by atoms with Crippen LogP contribution in [0.1, 0.15) is 75.1 Å². The molecule has 3 aromatic carbocycles. The first-order valence-electron chi connectivity index (χ1n) is 17.7. The maximum absolute atomic E-state index is 13.9. The van der Waals surface area contributed by atoms with Crippen molar-refractivity contribution in [2.75, 3.05) is 0 Å². The maximum Gasteiger partial charge on any atom is 0.410 e. The average Bonchev–Trinajstić information content (AvgIpc) is 3.67. The highest BCUT2D eigenvalue weighted by molar-refractivity contribution is 7.88. The molecule has 8 nitrogen and oxygen atoms in total. The Morgan fingerprint density at radius 2 is 1.33 bits per heavy atom. The van der Waals surface area contributed by atoms with Gasteiger partial charge in [0.15, 0.2) is 0 Å². The van der Waals surface area contributed by atoms with Gasteiger partial charge in [-0.2, -0.15) is 4.31 Å². The standard InChI is InChI=1S/C42H47N3O5S/c1-42(2,3)50-41(46)45(39-10-5-4-6-11-39)30-33-15-21-37(22-16-33)36-19-13-32(14-20-36)28-44(29-35-9-7-25-43-27-35)51(47,48)31-34-17-23-38(24-18-34)40-12-8-26-49-40/h7-9,12-27,39H,4-6,10-11,28-31H2,1-3H3. The molecule has 2 heterocycles. The number of carbonyl (C=O) groups excluding carboxylic acids is 1. The van der Waals surface area contributed by atoms with Gasteiger partial charge in [0.05, 0.1) is 12.0 Å². The van der Waals surface area contributed by atoms with E-state index in [1.807, 2.05) is 98.5 Å². The predicted octanol–water partition coefficient (Wildman–Crippen LogP) is 9.61. The van der Waals surface area contributed by atoms with Gasteiger partial charge in [0.25, 0.3) is 0 Å². The molecule has 1 aliphatic rings. The zero-order chi connectivity index (χ0) is 35.8. The topological polar surface area (TPSA) is 93.0 Å². The summed E-state index contributed by atoms with van der Waals surface area (Å²) in [5, 5.41) is 0. The highest BCUT2D eigenvalue weighted by Crippen LogP contribution is 2.28. The van der Waals surface area contributed by atoms with Crippen molar-refractivity contribution in [3.63, 3.8) is 0 Å². The van der Waals surface area contributed by atoms with Gasteiger partial charge in [-0.3, -0.25) is 4.98 Å². The van der Waals surface area contributed by atoms with Crippen molar-refractivity contribution in [2.45, 2.75) is 89.9 Å². The summed E-state index contributed by atoms with van der Waals surface area (Å²) < 4.78 is 40.6. The number of amides is 1. The minimum atomic E-state index is -3.70. The van der Waals surface area contributed by atoms with Crippen molar-refractivity contribution in [2.24, 2.45) is 0 Å². The van der Waals surface area contributed by atoms with Crippen LogP contribution in [0.3, 0.4) is 0 Å². The number of nitrogens with zero attached hydrogens (tertiary/aromatic N) is 3. The van der Waals surface area contributed by atoms with Gasteiger partial charge in [0.1, 0.15) is 11.4 Å². The van der Waals surface area contributed by atoms with E-state index >= 15 is 0 Å². The molecule has 0 unspecified atom stereocenters. The number of ether oxygens (including phenoxy) is 1. The summed E-state index contributed by atoms with van der Waals surface area (Å²) in [6, 6.07) is 31.4. The van der Waals surface area contributed by atoms with Gasteiger partial charge in [0, 0.05) is 43.6 Å². The molecule has 2 aromatic heterocycles. The smallest absolute Gasteiger partial charge is 0.410 e. The van der Waals surface area contributed by atoms with E-state index in [1.165, 1.54) is 10.7 Å². The fourth-order valence-corrected chi connectivity index (χ4v) is 8.01. The zero-order valence-electron chi connectivity index (χ0n) is 29.7. The Kier molecular flexibility index (Phi) is 11.4. The lowest BCUT2D eigenvalue weighted by molar-refractivity contribution is 0.00988. The number of rotatable bonds is 12. The number of sulfonamides is 1. The normalized spacial score (nSPS) is 14.0. The fraction of sp³-hybridized carbons (Fsp3) is 0.333. The Morgan fingerprint density at radius 3 is 1.90 bits per heavy atom. The molecule has 0 saturated heterocycles. The van der Waals surface area contributed by atoms with E-state index in [1.54, 1.807) is 18.7 Å². The third-order valence-electron chi connectivity index (χ3n) is 9.18. The number of aromatic nitrogens is 1. The van der Waals surface area contributed by atoms with E-state index in [2.05, 4.69) is 29.2 Å². The van der Waals surface area contributed by atoms with E-state index in [9.17, 15) is 13.2 Å². The van der Waals surface area contributed by atoms with Gasteiger partial charge in [-0.15, -0.1) is 0 Å². The molecule has 266 valence electrons. The summed E-state index contributed by atoms with van der Waals surface area (Å²) in [6.07, 6.45) is 10.2. The van der Waals surface area contributed by atoms with Gasteiger partial charge in [-0.05, 0) is 85.2 Å². The van der Waals surface area contributed by atoms with Gasteiger partial charge < -0.3 is 14.1 Å². The molecule has 0 bridgehead atoms. The molecule has 0 atom stereocenters. The fourth-order valence-electron chi connectivity index (χ4n) is 6.52. The maximum atomic E-state index is 13.9. The van der Waals surface area contributed by atoms with Gasteiger partial charge in [0.2, 0.25) is 10.0 Å². The first kappa shape index (κ1) is 36.1. The van der Waals surface area contributed by atoms with Crippen LogP contribution >= 0.6 is 0 Å². The summed E-state index contributed by atoms with van der Waals surface area (Å²) in [5.41, 5.74) is 5.88. The summed E-state index contributed by atoms with van der Waals surface area (Å²) in [6.45, 7) is 6.67. The lowest BCUT2D eigenvalue weighted by atomic mass is 9.94. The number of benzene rings is 3. The largest absolute Gasteiger partial charge is 0.464 e. The molecule has 6 rings (SSSR count). The van der Waals surface area contributed by atoms with Crippen LogP contribution in [0.25, 0.3) is 22.5 Å². The molecular weight excluding hydrogens is 659 g/mol. The quantitative estimate of drug-likeness (QED) is 0.128. The molecule has 0 radical (unpaired) electrons. The molecule has 1 saturated carbocycles. The van der Waals surface area contributed by atoms with Crippen LogP contribution in [-0.2, 0) is 40.1 Å². The third-order valence-corrected chi connectivity index (χ3v) is 10.9. The number of carbonyl (C=O) groups is 1. The molecule has 1 amide bonds. The molecular formula is C42H47N3O5S.